The van der Waals surface area contributed by atoms with Crippen LogP contribution in [0, 0.1) is 0 Å². The number of hydrogen-bond donors (Lipinski definition) is 4. The van der Waals surface area contributed by atoms with E-state index in [2.05, 4.69) is 17.0 Å². The van der Waals surface area contributed by atoms with E-state index in [9.17, 15) is 24.4 Å². The van der Waals surface area contributed by atoms with Gasteiger partial charge in [-0.05, 0) is 31.5 Å². The molecule has 2 heterocycles. The number of unbranched alkanes of at least 4 members (excludes halogenated alkanes) is 4. The van der Waals surface area contributed by atoms with Crippen molar-refractivity contribution < 1.29 is 38.1 Å². The van der Waals surface area contributed by atoms with Gasteiger partial charge in [0, 0.05) is 19.2 Å². The minimum absolute atomic E-state index is 0.0120. The fourth-order valence-corrected chi connectivity index (χ4v) is 5.49. The van der Waals surface area contributed by atoms with Crippen LogP contribution in [-0.4, -0.2) is 63.3 Å². The molecule has 1 saturated heterocycles. The highest BCUT2D eigenvalue weighted by Crippen LogP contribution is 2.46. The summed E-state index contributed by atoms with van der Waals surface area (Å²) in [5.74, 6) is -0.108. The Bertz CT molecular complexity index is 1190. The van der Waals surface area contributed by atoms with Crippen molar-refractivity contribution in [3.05, 3.63) is 53.1 Å². The standard InChI is InChI=1S/C26H39N4O9P/c1-3-4-5-6-10-13-22(31)36-17-15-28-40(35,39-19-11-8-7-9-12-19)37-18-20-23(32)26(2,34)24(38-20)30-16-14-21(27)29-25(30)33/h7-9,11-12,14,16,20,23-24,32,34H,3-6,10,13,15,17-18H2,1-2H3,(H,28,35)(H2,27,29,33)/t20-,23-,24-,26-,40?/m1/s1. The van der Waals surface area contributed by atoms with Crippen molar-refractivity contribution in [2.75, 3.05) is 25.5 Å². The molecule has 0 radical (unpaired) electrons. The molecule has 14 heteroatoms. The first-order valence-electron chi connectivity index (χ1n) is 13.4. The second-order valence-electron chi connectivity index (χ2n) is 9.73. The van der Waals surface area contributed by atoms with Gasteiger partial charge < -0.3 is 29.9 Å². The van der Waals surface area contributed by atoms with Gasteiger partial charge in [0.15, 0.2) is 6.23 Å². The topological polar surface area (TPSA) is 184 Å². The summed E-state index contributed by atoms with van der Waals surface area (Å²) in [5.41, 5.74) is 2.83. The molecule has 1 aliphatic rings. The van der Waals surface area contributed by atoms with Crippen molar-refractivity contribution >= 4 is 19.5 Å². The molecule has 0 spiro atoms. The predicted molar refractivity (Wildman–Crippen MR) is 146 cm³/mol. The first-order chi connectivity index (χ1) is 19.1. The average Bonchev–Trinajstić information content (AvgIpc) is 3.14. The highest BCUT2D eigenvalue weighted by atomic mass is 31.2. The van der Waals surface area contributed by atoms with Gasteiger partial charge in [-0.15, -0.1) is 0 Å². The Labute approximate surface area is 233 Å². The first kappa shape index (κ1) is 31.7. The summed E-state index contributed by atoms with van der Waals surface area (Å²) >= 11 is 0. The highest BCUT2D eigenvalue weighted by Gasteiger charge is 2.54. The third-order valence-corrected chi connectivity index (χ3v) is 7.94. The molecular weight excluding hydrogens is 543 g/mol. The number of aliphatic hydroxyl groups excluding tert-OH is 1. The maximum atomic E-state index is 13.6. The second kappa shape index (κ2) is 14.7. The molecule has 0 aliphatic carbocycles. The van der Waals surface area contributed by atoms with Gasteiger partial charge >= 0.3 is 19.4 Å². The van der Waals surface area contributed by atoms with E-state index < -0.39 is 44.1 Å². The number of carbonyl (C=O) groups is 1. The minimum Gasteiger partial charge on any atom is -0.464 e. The number of aliphatic hydroxyl groups is 2. The van der Waals surface area contributed by atoms with Gasteiger partial charge in [0.05, 0.1) is 6.61 Å². The van der Waals surface area contributed by atoms with Crippen LogP contribution in [-0.2, 0) is 23.4 Å². The fourth-order valence-electron chi connectivity index (χ4n) is 4.17. The number of aromatic nitrogens is 2. The summed E-state index contributed by atoms with van der Waals surface area (Å²) < 4.78 is 36.7. The molecule has 0 amide bonds. The van der Waals surface area contributed by atoms with Crippen LogP contribution in [0.25, 0.3) is 0 Å². The number of rotatable bonds is 16. The van der Waals surface area contributed by atoms with Crippen molar-refractivity contribution in [3.8, 4) is 5.75 Å². The molecule has 1 aromatic heterocycles. The number of para-hydroxylation sites is 1. The minimum atomic E-state index is -4.07. The van der Waals surface area contributed by atoms with E-state index in [1.54, 1.807) is 30.3 Å². The number of hydrogen-bond acceptors (Lipinski definition) is 11. The van der Waals surface area contributed by atoms with Crippen LogP contribution in [0.3, 0.4) is 0 Å². The largest absolute Gasteiger partial charge is 0.464 e. The van der Waals surface area contributed by atoms with Crippen LogP contribution >= 0.6 is 7.75 Å². The van der Waals surface area contributed by atoms with E-state index in [0.29, 0.717) is 6.42 Å². The Morgan fingerprint density at radius 3 is 2.65 bits per heavy atom. The molecule has 13 nitrogen and oxygen atoms in total. The van der Waals surface area contributed by atoms with Gasteiger partial charge in [0.25, 0.3) is 0 Å². The van der Waals surface area contributed by atoms with Crippen molar-refractivity contribution in [1.82, 2.24) is 14.6 Å². The fraction of sp³-hybridized carbons (Fsp3) is 0.577. The maximum absolute atomic E-state index is 13.6. The SMILES string of the molecule is CCCCCCCC(=O)OCCNP(=O)(OC[C@H]1O[C@@H](n2ccc(N)nc2=O)[C@](C)(O)[C@@H]1O)Oc1ccccc1. The van der Waals surface area contributed by atoms with Crippen LogP contribution in [0.1, 0.15) is 58.6 Å². The number of anilines is 1. The second-order valence-corrected chi connectivity index (χ2v) is 11.5. The van der Waals surface area contributed by atoms with Gasteiger partial charge in [-0.3, -0.25) is 13.9 Å². The molecule has 5 N–H and O–H groups in total. The first-order valence-corrected chi connectivity index (χ1v) is 14.9. The van der Waals surface area contributed by atoms with Crippen LogP contribution in [0.5, 0.6) is 5.75 Å². The van der Waals surface area contributed by atoms with Crippen molar-refractivity contribution in [2.24, 2.45) is 0 Å². The monoisotopic (exact) mass is 582 g/mol. The number of nitrogens with one attached hydrogen (secondary N) is 1. The Kier molecular flexibility index (Phi) is 11.7. The predicted octanol–water partition coefficient (Wildman–Crippen LogP) is 2.53. The number of carbonyl (C=O) groups excluding carboxylic acids is 1. The lowest BCUT2D eigenvalue weighted by Crippen LogP contribution is -2.46. The van der Waals surface area contributed by atoms with E-state index in [1.165, 1.54) is 19.2 Å². The third kappa shape index (κ3) is 8.85. The van der Waals surface area contributed by atoms with E-state index >= 15 is 0 Å². The van der Waals surface area contributed by atoms with Gasteiger partial charge in [-0.1, -0.05) is 50.8 Å². The maximum Gasteiger partial charge on any atom is 0.458 e. The number of ether oxygens (including phenoxy) is 2. The van der Waals surface area contributed by atoms with Crippen LogP contribution in [0.4, 0.5) is 5.82 Å². The van der Waals surface area contributed by atoms with Crippen molar-refractivity contribution in [3.63, 3.8) is 0 Å². The summed E-state index contributed by atoms with van der Waals surface area (Å²) in [4.78, 5) is 27.9. The molecule has 1 unspecified atom stereocenters. The molecular formula is C26H39N4O9P. The molecule has 1 fully saturated rings. The summed E-state index contributed by atoms with van der Waals surface area (Å²) in [5, 5.41) is 24.3. The molecule has 3 rings (SSSR count). The van der Waals surface area contributed by atoms with Crippen LogP contribution < -0.4 is 21.0 Å². The summed E-state index contributed by atoms with van der Waals surface area (Å²) in [7, 11) is -4.07. The zero-order chi connectivity index (χ0) is 29.2. The van der Waals surface area contributed by atoms with Crippen LogP contribution in [0.15, 0.2) is 47.4 Å². The van der Waals surface area contributed by atoms with Gasteiger partial charge in [-0.2, -0.15) is 4.98 Å². The molecule has 0 bridgehead atoms. The summed E-state index contributed by atoms with van der Waals surface area (Å²) in [6.07, 6.45) is 2.60. The molecule has 40 heavy (non-hydrogen) atoms. The number of nitrogen functional groups attached to an aromatic ring is 1. The normalized spacial score (nSPS) is 23.9. The van der Waals surface area contributed by atoms with Crippen molar-refractivity contribution in [2.45, 2.75) is 76.4 Å². The van der Waals surface area contributed by atoms with Gasteiger partial charge in [0.1, 0.15) is 36.0 Å². The van der Waals surface area contributed by atoms with Gasteiger partial charge in [-0.25, -0.2) is 14.4 Å². The lowest BCUT2D eigenvalue weighted by molar-refractivity contribution is -0.143. The lowest BCUT2D eigenvalue weighted by atomic mass is 9.96. The highest BCUT2D eigenvalue weighted by molar-refractivity contribution is 7.52. The molecule has 222 valence electrons. The Morgan fingerprint density at radius 2 is 1.95 bits per heavy atom. The molecule has 1 aliphatic heterocycles. The molecule has 0 saturated carbocycles. The van der Waals surface area contributed by atoms with Crippen molar-refractivity contribution in [1.29, 1.82) is 0 Å². The average molecular weight is 583 g/mol. The summed E-state index contributed by atoms with van der Waals surface area (Å²) in [6, 6.07) is 9.64. The lowest BCUT2D eigenvalue weighted by Gasteiger charge is -2.27. The third-order valence-electron chi connectivity index (χ3n) is 6.39. The molecule has 5 atom stereocenters. The van der Waals surface area contributed by atoms with Crippen LogP contribution in [0.2, 0.25) is 0 Å². The summed E-state index contributed by atoms with van der Waals surface area (Å²) in [6.45, 7) is 2.84. The Hall–Kier alpha value is -2.80. The number of benzene rings is 1. The van der Waals surface area contributed by atoms with E-state index in [1.807, 2.05) is 0 Å². The number of esters is 1. The number of nitrogens with two attached hydrogens (primary N) is 1. The van der Waals surface area contributed by atoms with E-state index in [0.717, 1.165) is 36.7 Å². The Morgan fingerprint density at radius 1 is 1.23 bits per heavy atom. The molecule has 1 aromatic carbocycles. The number of nitrogens with zero attached hydrogens (tertiary/aromatic N) is 2. The van der Waals surface area contributed by atoms with Gasteiger partial charge in [0.2, 0.25) is 0 Å². The Balaban J connectivity index is 1.60. The zero-order valence-corrected chi connectivity index (χ0v) is 23.7. The van der Waals surface area contributed by atoms with E-state index in [-0.39, 0.29) is 30.7 Å². The van der Waals surface area contributed by atoms with E-state index in [4.69, 9.17) is 24.3 Å². The molecule has 2 aromatic rings. The quantitative estimate of drug-likeness (QED) is 0.129. The zero-order valence-electron chi connectivity index (χ0n) is 22.8. The smallest absolute Gasteiger partial charge is 0.458 e.